The number of carboxylic acid groups (broad SMARTS) is 1. The van der Waals surface area contributed by atoms with Gasteiger partial charge in [0.1, 0.15) is 17.9 Å². The number of halogens is 3. The Hall–Kier alpha value is -4.02. The third kappa shape index (κ3) is 4.57. The molecular formula is C27H25F3N2O6. The fourth-order valence-electron chi connectivity index (χ4n) is 5.11. The molecule has 5 rings (SSSR count). The topological polar surface area (TPSA) is 107 Å². The van der Waals surface area contributed by atoms with Gasteiger partial charge in [-0.25, -0.2) is 13.6 Å². The van der Waals surface area contributed by atoms with Crippen molar-refractivity contribution in [1.29, 1.82) is 0 Å². The number of pyridine rings is 1. The fraction of sp³-hybridized carbons (Fsp3) is 0.370. The van der Waals surface area contributed by atoms with E-state index in [9.17, 15) is 28.3 Å². The van der Waals surface area contributed by atoms with E-state index >= 15 is 4.39 Å². The molecule has 0 bridgehead atoms. The van der Waals surface area contributed by atoms with E-state index in [-0.39, 0.29) is 53.3 Å². The van der Waals surface area contributed by atoms with Crippen molar-refractivity contribution in [2.24, 2.45) is 11.8 Å². The first-order valence-corrected chi connectivity index (χ1v) is 12.3. The van der Waals surface area contributed by atoms with Crippen LogP contribution < -0.4 is 20.2 Å². The summed E-state index contributed by atoms with van der Waals surface area (Å²) in [6.45, 7) is 2.04. The van der Waals surface area contributed by atoms with E-state index in [2.05, 4.69) is 5.32 Å². The van der Waals surface area contributed by atoms with Crippen LogP contribution in [0.25, 0.3) is 10.9 Å². The summed E-state index contributed by atoms with van der Waals surface area (Å²) >= 11 is 0. The van der Waals surface area contributed by atoms with Gasteiger partial charge in [0.05, 0.1) is 23.6 Å². The van der Waals surface area contributed by atoms with Gasteiger partial charge in [-0.3, -0.25) is 9.59 Å². The molecule has 2 aliphatic rings. The second-order valence-corrected chi connectivity index (χ2v) is 9.77. The standard InChI is InChI=1S/C27H25F3N2O6/c1-13-11-38-25-22(19(29)9-16-23(25)32(13)10-17(24(16)33)27(35)36)31-26(34)15-7-5-14(6-8-15)12-37-20-4-2-3-18(28)21(20)30/h2-4,9-10,13-15H,5-8,11-12H2,1H3,(H,31,34)(H,35,36)/t13-,14?,15?/m0/s1. The quantitative estimate of drug-likeness (QED) is 0.470. The smallest absolute Gasteiger partial charge is 0.341 e. The lowest BCUT2D eigenvalue weighted by atomic mass is 9.82. The zero-order valence-electron chi connectivity index (χ0n) is 20.4. The van der Waals surface area contributed by atoms with Crippen molar-refractivity contribution >= 4 is 28.5 Å². The SMILES string of the molecule is C[C@H]1COc2c(NC(=O)C3CCC(COc4cccc(F)c4F)CC3)c(F)cc3c(=O)c(C(=O)O)cn1c23. The van der Waals surface area contributed by atoms with Gasteiger partial charge < -0.3 is 24.5 Å². The molecule has 1 amide bonds. The Bertz CT molecular complexity index is 1500. The van der Waals surface area contributed by atoms with E-state index in [4.69, 9.17) is 9.47 Å². The Morgan fingerprint density at radius 2 is 1.89 bits per heavy atom. The van der Waals surface area contributed by atoms with Gasteiger partial charge in [0, 0.05) is 12.1 Å². The molecule has 11 heteroatoms. The van der Waals surface area contributed by atoms with Crippen LogP contribution in [0.5, 0.6) is 11.5 Å². The van der Waals surface area contributed by atoms with Gasteiger partial charge in [-0.2, -0.15) is 4.39 Å². The maximum atomic E-state index is 15.2. The van der Waals surface area contributed by atoms with Crippen LogP contribution >= 0.6 is 0 Å². The lowest BCUT2D eigenvalue weighted by Gasteiger charge is -2.30. The third-order valence-electron chi connectivity index (χ3n) is 7.25. The molecule has 0 radical (unpaired) electrons. The zero-order chi connectivity index (χ0) is 27.1. The van der Waals surface area contributed by atoms with Crippen molar-refractivity contribution in [1.82, 2.24) is 4.57 Å². The summed E-state index contributed by atoms with van der Waals surface area (Å²) in [6.07, 6.45) is 3.40. The van der Waals surface area contributed by atoms with E-state index in [1.807, 2.05) is 0 Å². The van der Waals surface area contributed by atoms with E-state index in [1.165, 1.54) is 18.3 Å². The van der Waals surface area contributed by atoms with Crippen molar-refractivity contribution in [3.05, 3.63) is 63.7 Å². The summed E-state index contributed by atoms with van der Waals surface area (Å²) in [5, 5.41) is 11.9. The summed E-state index contributed by atoms with van der Waals surface area (Å²) < 4.78 is 55.1. The minimum absolute atomic E-state index is 0.0142. The van der Waals surface area contributed by atoms with E-state index in [0.717, 1.165) is 12.1 Å². The molecule has 1 aliphatic carbocycles. The van der Waals surface area contributed by atoms with Gasteiger partial charge in [0.15, 0.2) is 23.1 Å². The summed E-state index contributed by atoms with van der Waals surface area (Å²) in [7, 11) is 0. The molecule has 1 atom stereocenters. The van der Waals surface area contributed by atoms with Crippen molar-refractivity contribution in [3.63, 3.8) is 0 Å². The Morgan fingerprint density at radius 1 is 1.16 bits per heavy atom. The number of amides is 1. The first kappa shape index (κ1) is 25.6. The maximum absolute atomic E-state index is 15.2. The third-order valence-corrected chi connectivity index (χ3v) is 7.25. The van der Waals surface area contributed by atoms with E-state index in [1.54, 1.807) is 11.5 Å². The number of hydrogen-bond acceptors (Lipinski definition) is 5. The lowest BCUT2D eigenvalue weighted by Crippen LogP contribution is -2.31. The molecule has 2 heterocycles. The van der Waals surface area contributed by atoms with Crippen molar-refractivity contribution in [3.8, 4) is 11.5 Å². The maximum Gasteiger partial charge on any atom is 0.341 e. The molecule has 0 saturated heterocycles. The molecule has 38 heavy (non-hydrogen) atoms. The normalized spacial score (nSPS) is 20.6. The molecule has 1 aliphatic heterocycles. The fourth-order valence-corrected chi connectivity index (χ4v) is 5.11. The molecule has 3 aromatic rings. The van der Waals surface area contributed by atoms with Crippen LogP contribution in [0.2, 0.25) is 0 Å². The summed E-state index contributed by atoms with van der Waals surface area (Å²) in [5.41, 5.74) is -1.29. The first-order valence-electron chi connectivity index (χ1n) is 12.3. The molecular weight excluding hydrogens is 505 g/mol. The van der Waals surface area contributed by atoms with Gasteiger partial charge in [-0.05, 0) is 56.7 Å². The number of rotatable bonds is 6. The highest BCUT2D eigenvalue weighted by molar-refractivity contribution is 6.01. The molecule has 1 saturated carbocycles. The number of anilines is 1. The molecule has 1 fully saturated rings. The number of carbonyl (C=O) groups excluding carboxylic acids is 1. The van der Waals surface area contributed by atoms with Crippen LogP contribution in [0.3, 0.4) is 0 Å². The highest BCUT2D eigenvalue weighted by atomic mass is 19.2. The predicted molar refractivity (Wildman–Crippen MR) is 131 cm³/mol. The Balaban J connectivity index is 1.31. The molecule has 2 N–H and O–H groups in total. The number of nitrogens with zero attached hydrogens (tertiary/aromatic N) is 1. The van der Waals surface area contributed by atoms with Crippen molar-refractivity contribution in [2.45, 2.75) is 38.6 Å². The molecule has 2 aromatic carbocycles. The van der Waals surface area contributed by atoms with Crippen LogP contribution in [0, 0.1) is 29.3 Å². The second-order valence-electron chi connectivity index (χ2n) is 9.77. The number of benzene rings is 2. The zero-order valence-corrected chi connectivity index (χ0v) is 20.4. The largest absolute Gasteiger partial charge is 0.490 e. The van der Waals surface area contributed by atoms with Gasteiger partial charge in [0.2, 0.25) is 17.2 Å². The molecule has 8 nitrogen and oxygen atoms in total. The van der Waals surface area contributed by atoms with Crippen LogP contribution in [0.1, 0.15) is 49.0 Å². The average molecular weight is 530 g/mol. The predicted octanol–water partition coefficient (Wildman–Crippen LogP) is 4.89. The Morgan fingerprint density at radius 3 is 2.61 bits per heavy atom. The van der Waals surface area contributed by atoms with Gasteiger partial charge in [-0.15, -0.1) is 0 Å². The Labute approximate surface area is 215 Å². The molecule has 200 valence electrons. The minimum Gasteiger partial charge on any atom is -0.490 e. The highest BCUT2D eigenvalue weighted by Gasteiger charge is 2.31. The van der Waals surface area contributed by atoms with Crippen molar-refractivity contribution in [2.75, 3.05) is 18.5 Å². The first-order chi connectivity index (χ1) is 18.2. The summed E-state index contributed by atoms with van der Waals surface area (Å²) in [4.78, 5) is 37.3. The number of hydrogen-bond donors (Lipinski definition) is 2. The number of aromatic carboxylic acids is 1. The summed E-state index contributed by atoms with van der Waals surface area (Å²) in [6, 6.07) is 4.34. The average Bonchev–Trinajstić information content (AvgIpc) is 2.89. The Kier molecular flexibility index (Phi) is 6.77. The highest BCUT2D eigenvalue weighted by Crippen LogP contribution is 2.40. The molecule has 0 spiro atoms. The number of aromatic nitrogens is 1. The minimum atomic E-state index is -1.42. The summed E-state index contributed by atoms with van der Waals surface area (Å²) in [5.74, 6) is -5.30. The molecule has 0 unspecified atom stereocenters. The number of carbonyl (C=O) groups is 2. The number of carboxylic acids is 1. The van der Waals surface area contributed by atoms with E-state index in [0.29, 0.717) is 25.7 Å². The van der Waals surface area contributed by atoms with E-state index < -0.39 is 46.2 Å². The van der Waals surface area contributed by atoms with Crippen LogP contribution in [-0.4, -0.2) is 34.8 Å². The number of ether oxygens (including phenoxy) is 2. The van der Waals surface area contributed by atoms with Crippen molar-refractivity contribution < 1.29 is 37.3 Å². The van der Waals surface area contributed by atoms with Crippen LogP contribution in [-0.2, 0) is 4.79 Å². The van der Waals surface area contributed by atoms with Gasteiger partial charge in [-0.1, -0.05) is 6.07 Å². The monoisotopic (exact) mass is 530 g/mol. The lowest BCUT2D eigenvalue weighted by molar-refractivity contribution is -0.121. The van der Waals surface area contributed by atoms with Gasteiger partial charge in [0.25, 0.3) is 0 Å². The second kappa shape index (κ2) is 10.0. The number of nitrogens with one attached hydrogen (secondary N) is 1. The van der Waals surface area contributed by atoms with Gasteiger partial charge >= 0.3 is 5.97 Å². The van der Waals surface area contributed by atoms with Crippen LogP contribution in [0.4, 0.5) is 18.9 Å². The van der Waals surface area contributed by atoms with Crippen LogP contribution in [0.15, 0.2) is 35.3 Å². The molecule has 1 aromatic heterocycles.